The van der Waals surface area contributed by atoms with E-state index in [9.17, 15) is 0 Å². The van der Waals surface area contributed by atoms with Crippen molar-refractivity contribution in [2.24, 2.45) is 23.7 Å². The topological polar surface area (TPSA) is 9.23 Å². The van der Waals surface area contributed by atoms with Crippen molar-refractivity contribution in [3.05, 3.63) is 24.3 Å². The van der Waals surface area contributed by atoms with Gasteiger partial charge >= 0.3 is 0 Å². The molecular formula is C18H30OSi2. The fourth-order valence-corrected chi connectivity index (χ4v) is 16.9. The molecule has 4 aliphatic rings. The summed E-state index contributed by atoms with van der Waals surface area (Å²) in [7, 11) is -3.14. The van der Waals surface area contributed by atoms with Gasteiger partial charge in [0.2, 0.25) is 0 Å². The van der Waals surface area contributed by atoms with Gasteiger partial charge in [-0.2, -0.15) is 0 Å². The summed E-state index contributed by atoms with van der Waals surface area (Å²) in [6.45, 7) is 10.1. The molecule has 0 aromatic rings. The summed E-state index contributed by atoms with van der Waals surface area (Å²) >= 11 is 0. The molecule has 0 aromatic carbocycles. The van der Waals surface area contributed by atoms with E-state index in [1.165, 1.54) is 25.7 Å². The maximum absolute atomic E-state index is 7.11. The normalized spacial score (nSPS) is 44.2. The highest BCUT2D eigenvalue weighted by Gasteiger charge is 2.52. The highest BCUT2D eigenvalue weighted by atomic mass is 28.4. The van der Waals surface area contributed by atoms with Gasteiger partial charge in [0, 0.05) is 0 Å². The minimum absolute atomic E-state index is 0.849. The second-order valence-corrected chi connectivity index (χ2v) is 17.8. The Morgan fingerprint density at radius 3 is 1.38 bits per heavy atom. The van der Waals surface area contributed by atoms with Gasteiger partial charge in [-0.3, -0.25) is 0 Å². The van der Waals surface area contributed by atoms with E-state index < -0.39 is 16.6 Å². The van der Waals surface area contributed by atoms with E-state index >= 15 is 0 Å². The van der Waals surface area contributed by atoms with Gasteiger partial charge < -0.3 is 4.12 Å². The molecule has 6 unspecified atom stereocenters. The maximum Gasteiger partial charge on any atom is 0.177 e. The molecule has 116 valence electrons. The fourth-order valence-electron chi connectivity index (χ4n) is 5.99. The Morgan fingerprint density at radius 1 is 0.667 bits per heavy atom. The maximum atomic E-state index is 7.11. The molecule has 0 heterocycles. The monoisotopic (exact) mass is 318 g/mol. The Bertz CT molecular complexity index is 449. The van der Waals surface area contributed by atoms with Crippen molar-refractivity contribution in [1.29, 1.82) is 0 Å². The first-order valence-electron chi connectivity index (χ1n) is 8.92. The summed E-state index contributed by atoms with van der Waals surface area (Å²) in [5, 5.41) is 0. The predicted molar refractivity (Wildman–Crippen MR) is 94.3 cm³/mol. The van der Waals surface area contributed by atoms with E-state index in [-0.39, 0.29) is 0 Å². The summed E-state index contributed by atoms with van der Waals surface area (Å²) in [6, 6.07) is 0. The van der Waals surface area contributed by atoms with Gasteiger partial charge in [-0.1, -0.05) is 24.3 Å². The molecule has 0 aromatic heterocycles. The summed E-state index contributed by atoms with van der Waals surface area (Å²) in [6.07, 6.45) is 15.6. The van der Waals surface area contributed by atoms with Crippen molar-refractivity contribution >= 4 is 16.6 Å². The van der Waals surface area contributed by atoms with E-state index in [0.717, 1.165) is 34.8 Å². The lowest BCUT2D eigenvalue weighted by atomic mass is 10.1. The third-order valence-electron chi connectivity index (χ3n) is 6.87. The Balaban J connectivity index is 1.49. The fraction of sp³-hybridized carbons (Fsp3) is 0.778. The molecule has 6 atom stereocenters. The van der Waals surface area contributed by atoms with Crippen molar-refractivity contribution in [3.63, 3.8) is 0 Å². The molecule has 0 aliphatic heterocycles. The summed E-state index contributed by atoms with van der Waals surface area (Å²) < 4.78 is 7.11. The van der Waals surface area contributed by atoms with Gasteiger partial charge in [0.1, 0.15) is 0 Å². The second kappa shape index (κ2) is 4.68. The number of rotatable bonds is 4. The van der Waals surface area contributed by atoms with Gasteiger partial charge in [0.15, 0.2) is 16.6 Å². The van der Waals surface area contributed by atoms with Crippen LogP contribution < -0.4 is 0 Å². The van der Waals surface area contributed by atoms with Crippen LogP contribution >= 0.6 is 0 Å². The first kappa shape index (κ1) is 14.5. The third-order valence-corrected chi connectivity index (χ3v) is 16.0. The quantitative estimate of drug-likeness (QED) is 0.502. The van der Waals surface area contributed by atoms with Gasteiger partial charge in [0.25, 0.3) is 0 Å². The van der Waals surface area contributed by atoms with E-state index in [1.807, 2.05) is 0 Å². The molecule has 0 radical (unpaired) electrons. The molecule has 0 saturated heterocycles. The Hall–Kier alpha value is -0.126. The van der Waals surface area contributed by atoms with Crippen molar-refractivity contribution in [3.8, 4) is 0 Å². The van der Waals surface area contributed by atoms with E-state index in [2.05, 4.69) is 50.5 Å². The molecule has 0 spiro atoms. The molecule has 1 nitrogen and oxygen atoms in total. The van der Waals surface area contributed by atoms with Crippen LogP contribution in [-0.2, 0) is 4.12 Å². The average Bonchev–Trinajstić information content (AvgIpc) is 3.17. The zero-order valence-electron chi connectivity index (χ0n) is 14.0. The molecule has 0 N–H and O–H groups in total. The molecule has 4 bridgehead atoms. The lowest BCUT2D eigenvalue weighted by molar-refractivity contribution is 0.461. The number of hydrogen-bond donors (Lipinski definition) is 0. The standard InChI is InChI=1S/C18H30OSi2/c1-20(2,17-11-13-5-7-15(17)9-13)19-21(3,4)18-12-14-6-8-16(18)10-14/h5-8,13-18H,9-12H2,1-4H3. The highest BCUT2D eigenvalue weighted by molar-refractivity contribution is 6.86. The summed E-state index contributed by atoms with van der Waals surface area (Å²) in [5.41, 5.74) is 1.77. The van der Waals surface area contributed by atoms with Gasteiger partial charge in [-0.05, 0) is 86.6 Å². The van der Waals surface area contributed by atoms with Crippen LogP contribution in [0.5, 0.6) is 0 Å². The second-order valence-electron chi connectivity index (χ2n) is 9.08. The van der Waals surface area contributed by atoms with Crippen LogP contribution in [0, 0.1) is 23.7 Å². The smallest absolute Gasteiger partial charge is 0.177 e. The van der Waals surface area contributed by atoms with Crippen LogP contribution in [0.3, 0.4) is 0 Å². The van der Waals surface area contributed by atoms with E-state index in [1.54, 1.807) is 0 Å². The lowest BCUT2D eigenvalue weighted by Gasteiger charge is -2.44. The van der Waals surface area contributed by atoms with Crippen LogP contribution in [0.4, 0.5) is 0 Å². The molecule has 3 heteroatoms. The Kier molecular flexibility index (Phi) is 3.23. The largest absolute Gasteiger partial charge is 0.455 e. The number of fused-ring (bicyclic) bond motifs is 4. The van der Waals surface area contributed by atoms with Crippen molar-refractivity contribution in [1.82, 2.24) is 0 Å². The molecule has 4 rings (SSSR count). The SMILES string of the molecule is C[Si](C)(O[Si](C)(C)C1CC2C=CC1C2)C1CC2C=CC1C2. The first-order valence-corrected chi connectivity index (χ1v) is 14.9. The number of allylic oxidation sites excluding steroid dienone is 4. The van der Waals surface area contributed by atoms with E-state index in [4.69, 9.17) is 4.12 Å². The Morgan fingerprint density at radius 2 is 1.10 bits per heavy atom. The molecule has 0 amide bonds. The van der Waals surface area contributed by atoms with Crippen molar-refractivity contribution in [2.45, 2.75) is 63.0 Å². The van der Waals surface area contributed by atoms with Gasteiger partial charge in [-0.15, -0.1) is 0 Å². The molecule has 2 fully saturated rings. The zero-order valence-corrected chi connectivity index (χ0v) is 16.0. The predicted octanol–water partition coefficient (Wildman–Crippen LogP) is 5.35. The molecule has 4 aliphatic carbocycles. The minimum atomic E-state index is -1.57. The van der Waals surface area contributed by atoms with Crippen molar-refractivity contribution < 1.29 is 4.12 Å². The third kappa shape index (κ3) is 2.36. The molecule has 2 saturated carbocycles. The van der Waals surface area contributed by atoms with E-state index in [0.29, 0.717) is 0 Å². The van der Waals surface area contributed by atoms with Crippen LogP contribution in [0.15, 0.2) is 24.3 Å². The molecule has 21 heavy (non-hydrogen) atoms. The zero-order chi connectivity index (χ0) is 14.8. The lowest BCUT2D eigenvalue weighted by Crippen LogP contribution is -2.51. The van der Waals surface area contributed by atoms with Crippen LogP contribution in [0.25, 0.3) is 0 Å². The van der Waals surface area contributed by atoms with Gasteiger partial charge in [0.05, 0.1) is 0 Å². The number of hydrogen-bond acceptors (Lipinski definition) is 1. The minimum Gasteiger partial charge on any atom is -0.455 e. The van der Waals surface area contributed by atoms with Crippen molar-refractivity contribution in [2.75, 3.05) is 0 Å². The highest BCUT2D eigenvalue weighted by Crippen LogP contribution is 2.55. The average molecular weight is 319 g/mol. The van der Waals surface area contributed by atoms with Crippen LogP contribution in [0.2, 0.25) is 37.3 Å². The molecular weight excluding hydrogens is 288 g/mol. The van der Waals surface area contributed by atoms with Crippen LogP contribution in [0.1, 0.15) is 25.7 Å². The first-order chi connectivity index (χ1) is 9.85. The van der Waals surface area contributed by atoms with Gasteiger partial charge in [-0.25, -0.2) is 0 Å². The summed E-state index contributed by atoms with van der Waals surface area (Å²) in [5.74, 6) is 3.46. The van der Waals surface area contributed by atoms with Crippen LogP contribution in [-0.4, -0.2) is 16.6 Å². The Labute approximate surface area is 132 Å². The summed E-state index contributed by atoms with van der Waals surface area (Å²) in [4.78, 5) is 0.